The van der Waals surface area contributed by atoms with E-state index in [0.717, 1.165) is 13.0 Å². The predicted octanol–water partition coefficient (Wildman–Crippen LogP) is 0.993. The second kappa shape index (κ2) is 6.19. The molecule has 3 nitrogen and oxygen atoms in total. The molecule has 0 aliphatic heterocycles. The van der Waals surface area contributed by atoms with E-state index in [-0.39, 0.29) is 6.04 Å². The maximum absolute atomic E-state index is 5.31. The zero-order valence-corrected chi connectivity index (χ0v) is 8.53. The Morgan fingerprint density at radius 3 is 3.29 bits per heavy atom. The zero-order valence-electron chi connectivity index (χ0n) is 8.53. The minimum absolute atomic E-state index is 0.223. The monoisotopic (exact) mass is 191 g/mol. The Labute approximate surface area is 85.1 Å². The quantitative estimate of drug-likeness (QED) is 0.503. The van der Waals surface area contributed by atoms with Gasteiger partial charge in [0.05, 0.1) is 12.2 Å². The number of nitrogens with two attached hydrogens (primary N) is 1. The lowest BCUT2D eigenvalue weighted by Crippen LogP contribution is -2.17. The van der Waals surface area contributed by atoms with Gasteiger partial charge < -0.3 is 11.1 Å². The first-order valence-corrected chi connectivity index (χ1v) is 4.90. The Hall–Kier alpha value is -1.31. The highest BCUT2D eigenvalue weighted by molar-refractivity contribution is 5.52. The number of hydrogen-bond donors (Lipinski definition) is 2. The van der Waals surface area contributed by atoms with E-state index in [1.165, 1.54) is 5.57 Å². The molecule has 0 aromatic carbocycles. The molecular formula is C11H17N3. The highest BCUT2D eigenvalue weighted by Gasteiger charge is 2.06. The van der Waals surface area contributed by atoms with Crippen LogP contribution in [-0.4, -0.2) is 25.0 Å². The predicted molar refractivity (Wildman–Crippen MR) is 60.4 cm³/mol. The van der Waals surface area contributed by atoms with Crippen LogP contribution < -0.4 is 11.1 Å². The lowest BCUT2D eigenvalue weighted by atomic mass is 10.1. The van der Waals surface area contributed by atoms with E-state index in [9.17, 15) is 0 Å². The average Bonchev–Trinajstić information content (AvgIpc) is 2.70. The third kappa shape index (κ3) is 3.60. The smallest absolute Gasteiger partial charge is 0.0781 e. The van der Waals surface area contributed by atoms with Gasteiger partial charge in [-0.2, -0.15) is 0 Å². The number of hydrogen-bond acceptors (Lipinski definition) is 3. The molecule has 14 heavy (non-hydrogen) atoms. The Balaban J connectivity index is 2.32. The van der Waals surface area contributed by atoms with Crippen molar-refractivity contribution in [3.8, 4) is 0 Å². The van der Waals surface area contributed by atoms with Gasteiger partial charge in [-0.15, -0.1) is 0 Å². The number of rotatable bonds is 5. The van der Waals surface area contributed by atoms with Crippen LogP contribution in [0.5, 0.6) is 0 Å². The van der Waals surface area contributed by atoms with Crippen molar-refractivity contribution < 1.29 is 0 Å². The Bertz CT molecular complexity index is 283. The van der Waals surface area contributed by atoms with Crippen molar-refractivity contribution in [1.29, 1.82) is 0 Å². The molecule has 0 spiro atoms. The first kappa shape index (κ1) is 10.8. The summed E-state index contributed by atoms with van der Waals surface area (Å²) >= 11 is 0. The third-order valence-electron chi connectivity index (χ3n) is 2.06. The molecule has 0 saturated carbocycles. The van der Waals surface area contributed by atoms with Crippen LogP contribution in [0.2, 0.25) is 0 Å². The molecule has 0 amide bonds. The molecule has 3 heteroatoms. The maximum Gasteiger partial charge on any atom is 0.0781 e. The molecule has 0 aromatic heterocycles. The minimum atomic E-state index is 0.223. The molecular weight excluding hydrogens is 174 g/mol. The van der Waals surface area contributed by atoms with Gasteiger partial charge in [0.15, 0.2) is 0 Å². The van der Waals surface area contributed by atoms with Crippen LogP contribution in [-0.2, 0) is 0 Å². The van der Waals surface area contributed by atoms with Gasteiger partial charge in [0, 0.05) is 13.1 Å². The molecule has 76 valence electrons. The van der Waals surface area contributed by atoms with Crippen molar-refractivity contribution in [1.82, 2.24) is 5.32 Å². The fourth-order valence-electron chi connectivity index (χ4n) is 1.21. The molecule has 1 atom stereocenters. The van der Waals surface area contributed by atoms with Gasteiger partial charge in [-0.05, 0) is 24.8 Å². The second-order valence-electron chi connectivity index (χ2n) is 3.20. The van der Waals surface area contributed by atoms with Crippen molar-refractivity contribution in [3.05, 3.63) is 30.0 Å². The normalized spacial score (nSPS) is 15.7. The highest BCUT2D eigenvalue weighted by Crippen LogP contribution is 2.16. The summed E-state index contributed by atoms with van der Waals surface area (Å²) in [6, 6.07) is 0.223. The summed E-state index contributed by atoms with van der Waals surface area (Å²) < 4.78 is 0. The van der Waals surface area contributed by atoms with Crippen LogP contribution in [0, 0.1) is 0 Å². The number of aliphatic imine (C=N–C) groups is 1. The fourth-order valence-corrected chi connectivity index (χ4v) is 1.21. The summed E-state index contributed by atoms with van der Waals surface area (Å²) in [5.74, 6) is 2.86. The fraction of sp³-hybridized carbons (Fsp3) is 0.455. The lowest BCUT2D eigenvalue weighted by molar-refractivity contribution is 0.836. The van der Waals surface area contributed by atoms with Crippen LogP contribution in [0.3, 0.4) is 0 Å². The molecule has 3 N–H and O–H groups in total. The van der Waals surface area contributed by atoms with E-state index < -0.39 is 0 Å². The number of nitrogens with zero attached hydrogens (tertiary/aromatic N) is 1. The van der Waals surface area contributed by atoms with Crippen molar-refractivity contribution in [3.63, 3.8) is 0 Å². The molecule has 0 aromatic rings. The van der Waals surface area contributed by atoms with E-state index in [1.807, 2.05) is 0 Å². The summed E-state index contributed by atoms with van der Waals surface area (Å²) in [7, 11) is 0. The number of nitrogens with one attached hydrogen (secondary N) is 1. The van der Waals surface area contributed by atoms with Gasteiger partial charge >= 0.3 is 0 Å². The molecule has 0 fully saturated rings. The van der Waals surface area contributed by atoms with Crippen molar-refractivity contribution in [2.45, 2.75) is 19.4 Å². The van der Waals surface area contributed by atoms with E-state index in [4.69, 9.17) is 5.73 Å². The van der Waals surface area contributed by atoms with Crippen molar-refractivity contribution in [2.24, 2.45) is 10.7 Å². The van der Waals surface area contributed by atoms with Crippen LogP contribution >= 0.6 is 0 Å². The molecule has 0 saturated heterocycles. The molecule has 0 heterocycles. The van der Waals surface area contributed by atoms with E-state index in [1.54, 1.807) is 6.20 Å². The van der Waals surface area contributed by atoms with Crippen LogP contribution in [0.25, 0.3) is 0 Å². The van der Waals surface area contributed by atoms with Gasteiger partial charge in [0.25, 0.3) is 0 Å². The first-order valence-electron chi connectivity index (χ1n) is 4.90. The summed E-state index contributed by atoms with van der Waals surface area (Å²) in [5, 5.41) is 2.99. The Morgan fingerprint density at radius 2 is 2.64 bits per heavy atom. The summed E-state index contributed by atoms with van der Waals surface area (Å²) in [6.45, 7) is 3.46. The van der Waals surface area contributed by atoms with Gasteiger partial charge in [0.2, 0.25) is 0 Å². The highest BCUT2D eigenvalue weighted by atomic mass is 14.9. The molecule has 1 aliphatic carbocycles. The van der Waals surface area contributed by atoms with Gasteiger partial charge in [0.1, 0.15) is 0 Å². The van der Waals surface area contributed by atoms with Crippen LogP contribution in [0.1, 0.15) is 13.3 Å². The number of allylic oxidation sites excluding steroid dienone is 3. The third-order valence-corrected chi connectivity index (χ3v) is 2.06. The topological polar surface area (TPSA) is 50.4 Å². The van der Waals surface area contributed by atoms with E-state index in [2.05, 4.69) is 41.3 Å². The molecule has 0 radical (unpaired) electrons. The molecule has 1 aliphatic rings. The Morgan fingerprint density at radius 1 is 1.79 bits per heavy atom. The van der Waals surface area contributed by atoms with E-state index in [0.29, 0.717) is 6.54 Å². The average molecular weight is 191 g/mol. The zero-order chi connectivity index (χ0) is 10.2. The molecule has 1 unspecified atom stereocenters. The van der Waals surface area contributed by atoms with E-state index >= 15 is 0 Å². The first-order chi connectivity index (χ1) is 6.84. The van der Waals surface area contributed by atoms with Crippen LogP contribution in [0.15, 0.2) is 35.0 Å². The standard InChI is InChI=1S/C11H17N3/c1-10(11-4-2-3-5-11)14-9-8-13-7-6-12/h2-4,8,10,13H,5-7,12H2,1H3. The summed E-state index contributed by atoms with van der Waals surface area (Å²) in [4.78, 5) is 4.26. The van der Waals surface area contributed by atoms with Gasteiger partial charge in [-0.25, -0.2) is 4.99 Å². The van der Waals surface area contributed by atoms with Gasteiger partial charge in [-0.3, -0.25) is 0 Å². The van der Waals surface area contributed by atoms with Crippen LogP contribution in [0.4, 0.5) is 0 Å². The molecule has 0 bridgehead atoms. The van der Waals surface area contributed by atoms with Crippen molar-refractivity contribution >= 4 is 5.87 Å². The minimum Gasteiger partial charge on any atom is -0.382 e. The maximum atomic E-state index is 5.31. The lowest BCUT2D eigenvalue weighted by Gasteiger charge is -2.03. The summed E-state index contributed by atoms with van der Waals surface area (Å²) in [5.41, 5.74) is 6.65. The largest absolute Gasteiger partial charge is 0.382 e. The Kier molecular flexibility index (Phi) is 4.76. The second-order valence-corrected chi connectivity index (χ2v) is 3.20. The van der Waals surface area contributed by atoms with Crippen molar-refractivity contribution in [2.75, 3.05) is 13.1 Å². The summed E-state index contributed by atoms with van der Waals surface area (Å²) in [6.07, 6.45) is 9.05. The van der Waals surface area contributed by atoms with Gasteiger partial charge in [-0.1, -0.05) is 18.2 Å². The molecule has 1 rings (SSSR count). The SMILES string of the molecule is CC(N=C=CNCCN)C1=CC=CC1.